The third-order valence-electron chi connectivity index (χ3n) is 6.33. The number of hydrogen-bond donors (Lipinski definition) is 3. The van der Waals surface area contributed by atoms with Gasteiger partial charge >= 0.3 is 12.1 Å². The fourth-order valence-electron chi connectivity index (χ4n) is 4.23. The van der Waals surface area contributed by atoms with Crippen LogP contribution in [0, 0.1) is 0 Å². The lowest BCUT2D eigenvalue weighted by Crippen LogP contribution is -2.52. The summed E-state index contributed by atoms with van der Waals surface area (Å²) in [5, 5.41) is 8.66. The Morgan fingerprint density at radius 2 is 1.92 bits per heavy atom. The van der Waals surface area contributed by atoms with Gasteiger partial charge in [0.2, 0.25) is 0 Å². The van der Waals surface area contributed by atoms with Crippen LogP contribution < -0.4 is 16.0 Å². The number of carbonyl (C=O) groups excluding carboxylic acids is 3. The van der Waals surface area contributed by atoms with E-state index in [2.05, 4.69) is 36.9 Å². The maximum atomic E-state index is 12.8. The van der Waals surface area contributed by atoms with Gasteiger partial charge in [0.1, 0.15) is 23.9 Å². The van der Waals surface area contributed by atoms with E-state index < -0.39 is 23.7 Å². The van der Waals surface area contributed by atoms with Crippen molar-refractivity contribution in [3.8, 4) is 0 Å². The van der Waals surface area contributed by atoms with E-state index in [-0.39, 0.29) is 19.1 Å². The molecular weight excluding hydrogens is 552 g/mol. The van der Waals surface area contributed by atoms with Crippen LogP contribution in [0.15, 0.2) is 71.3 Å². The first-order chi connectivity index (χ1) is 18.3. The summed E-state index contributed by atoms with van der Waals surface area (Å²) in [6.07, 6.45) is 1.21. The summed E-state index contributed by atoms with van der Waals surface area (Å²) in [6.45, 7) is 4.35. The first kappa shape index (κ1) is 27.3. The van der Waals surface area contributed by atoms with Crippen LogP contribution in [0.3, 0.4) is 0 Å². The molecule has 0 radical (unpaired) electrons. The van der Waals surface area contributed by atoms with Gasteiger partial charge in [0.15, 0.2) is 0 Å². The number of alkyl carbamates (subject to hydrolysis) is 1. The molecule has 3 aromatic rings. The number of nitrogens with zero attached hydrogens (tertiary/aromatic N) is 1. The smallest absolute Gasteiger partial charge is 0.407 e. The second-order valence-corrected chi connectivity index (χ2v) is 9.83. The number of nitrogens with one attached hydrogen (secondary N) is 3. The molecule has 2 aromatic carbocycles. The van der Waals surface area contributed by atoms with E-state index in [0.717, 1.165) is 23.1 Å². The van der Waals surface area contributed by atoms with Gasteiger partial charge in [-0.05, 0) is 77.2 Å². The minimum atomic E-state index is -0.930. The monoisotopic (exact) mass is 580 g/mol. The van der Waals surface area contributed by atoms with Crippen molar-refractivity contribution in [3.05, 3.63) is 93.7 Å². The van der Waals surface area contributed by atoms with Crippen molar-refractivity contribution < 1.29 is 23.9 Å². The molecule has 198 valence electrons. The number of esters is 1. The van der Waals surface area contributed by atoms with E-state index in [9.17, 15) is 14.4 Å². The van der Waals surface area contributed by atoms with Crippen molar-refractivity contribution in [3.63, 3.8) is 0 Å². The molecule has 0 bridgehead atoms. The molecule has 1 aliphatic rings. The predicted octanol–water partition coefficient (Wildman–Crippen LogP) is 4.49. The second kappa shape index (κ2) is 12.2. The molecule has 0 saturated heterocycles. The molecule has 1 aliphatic heterocycles. The Labute approximate surface area is 229 Å². The number of amides is 2. The average Bonchev–Trinajstić information content (AvgIpc) is 2.92. The Hall–Kier alpha value is -3.76. The summed E-state index contributed by atoms with van der Waals surface area (Å²) < 4.78 is 11.5. The van der Waals surface area contributed by atoms with Crippen LogP contribution in [0.4, 0.5) is 10.5 Å². The zero-order valence-corrected chi connectivity index (χ0v) is 22.7. The Kier molecular flexibility index (Phi) is 8.75. The number of fused-ring (bicyclic) bond motifs is 1. The van der Waals surface area contributed by atoms with Crippen molar-refractivity contribution >= 4 is 39.6 Å². The maximum Gasteiger partial charge on any atom is 0.407 e. The largest absolute Gasteiger partial charge is 0.462 e. The van der Waals surface area contributed by atoms with Gasteiger partial charge in [-0.25, -0.2) is 9.59 Å². The lowest BCUT2D eigenvalue weighted by atomic mass is 9.84. The minimum Gasteiger partial charge on any atom is -0.462 e. The van der Waals surface area contributed by atoms with E-state index in [1.54, 1.807) is 49.5 Å². The van der Waals surface area contributed by atoms with Gasteiger partial charge in [-0.1, -0.05) is 36.4 Å². The highest BCUT2D eigenvalue weighted by Crippen LogP contribution is 2.30. The number of rotatable bonds is 8. The third-order valence-corrected chi connectivity index (χ3v) is 6.99. The zero-order chi connectivity index (χ0) is 27.1. The quantitative estimate of drug-likeness (QED) is 0.265. The molecule has 1 aromatic heterocycles. The van der Waals surface area contributed by atoms with Crippen molar-refractivity contribution in [1.29, 1.82) is 0 Å². The molecule has 0 aliphatic carbocycles. The number of benzene rings is 2. The average molecular weight is 581 g/mol. The molecule has 38 heavy (non-hydrogen) atoms. The Balaban J connectivity index is 1.23. The van der Waals surface area contributed by atoms with Crippen molar-refractivity contribution in [1.82, 2.24) is 15.6 Å². The minimum absolute atomic E-state index is 0.0119. The van der Waals surface area contributed by atoms with Crippen LogP contribution in [-0.2, 0) is 26.2 Å². The lowest BCUT2D eigenvalue weighted by Gasteiger charge is -2.34. The van der Waals surface area contributed by atoms with E-state index >= 15 is 0 Å². The van der Waals surface area contributed by atoms with E-state index in [1.165, 1.54) is 0 Å². The first-order valence-corrected chi connectivity index (χ1v) is 13.0. The fourth-order valence-corrected chi connectivity index (χ4v) is 4.73. The molecule has 10 heteroatoms. The molecule has 0 saturated carbocycles. The highest BCUT2D eigenvalue weighted by atomic mass is 79.9. The van der Waals surface area contributed by atoms with Crippen molar-refractivity contribution in [2.24, 2.45) is 0 Å². The second-order valence-electron chi connectivity index (χ2n) is 8.98. The molecular formula is C28H29BrN4O5. The number of hydrogen-bond acceptors (Lipinski definition) is 7. The SMILES string of the molecule is CC(OC(=O)NCCOC(=O)C1(C)NCCc2ccccc21)c1ccc(NC(=O)c2ccccn2)c(Br)c1. The predicted molar refractivity (Wildman–Crippen MR) is 146 cm³/mol. The summed E-state index contributed by atoms with van der Waals surface area (Å²) in [5.41, 5.74) is 2.69. The number of pyridine rings is 1. The lowest BCUT2D eigenvalue weighted by molar-refractivity contribution is -0.151. The standard InChI is InChI=1S/C28H29BrN4O5/c1-18(20-10-11-23(22(29)17-20)33-25(34)24-9-5-6-13-30-24)38-27(36)31-15-16-37-26(35)28(2)21-8-4-3-7-19(21)12-14-32-28/h3-11,13,17-18,32H,12,14-16H2,1-2H3,(H,31,36)(H,33,34). The fraction of sp³-hybridized carbons (Fsp3) is 0.286. The molecule has 2 unspecified atom stereocenters. The molecule has 2 heterocycles. The molecule has 3 N–H and O–H groups in total. The Morgan fingerprint density at radius 1 is 1.13 bits per heavy atom. The van der Waals surface area contributed by atoms with Gasteiger partial charge in [0, 0.05) is 17.2 Å². The zero-order valence-electron chi connectivity index (χ0n) is 21.1. The topological polar surface area (TPSA) is 119 Å². The van der Waals surface area contributed by atoms with Crippen LogP contribution in [0.25, 0.3) is 0 Å². The van der Waals surface area contributed by atoms with Crippen LogP contribution in [0.5, 0.6) is 0 Å². The van der Waals surface area contributed by atoms with Gasteiger partial charge in [0.05, 0.1) is 12.2 Å². The normalized spacial score (nSPS) is 17.0. The van der Waals surface area contributed by atoms with Gasteiger partial charge in [0.25, 0.3) is 5.91 Å². The summed E-state index contributed by atoms with van der Waals surface area (Å²) in [6, 6.07) is 18.2. The summed E-state index contributed by atoms with van der Waals surface area (Å²) in [5.74, 6) is -0.728. The van der Waals surface area contributed by atoms with E-state index in [4.69, 9.17) is 9.47 Å². The number of ether oxygens (including phenoxy) is 2. The highest BCUT2D eigenvalue weighted by Gasteiger charge is 2.40. The Bertz CT molecular complexity index is 1320. The summed E-state index contributed by atoms with van der Waals surface area (Å²) in [7, 11) is 0. The van der Waals surface area contributed by atoms with Gasteiger partial charge < -0.3 is 20.1 Å². The summed E-state index contributed by atoms with van der Waals surface area (Å²) >= 11 is 3.45. The van der Waals surface area contributed by atoms with Gasteiger partial charge in [-0.15, -0.1) is 0 Å². The number of aromatic nitrogens is 1. The maximum absolute atomic E-state index is 12.8. The van der Waals surface area contributed by atoms with Gasteiger partial charge in [-0.3, -0.25) is 15.1 Å². The van der Waals surface area contributed by atoms with Crippen molar-refractivity contribution in [2.45, 2.75) is 31.9 Å². The molecule has 0 fully saturated rings. The number of anilines is 1. The number of carbonyl (C=O) groups is 3. The third kappa shape index (κ3) is 6.38. The molecule has 2 amide bonds. The van der Waals surface area contributed by atoms with Gasteiger partial charge in [-0.2, -0.15) is 0 Å². The van der Waals surface area contributed by atoms with Crippen LogP contribution in [-0.4, -0.2) is 42.7 Å². The van der Waals surface area contributed by atoms with Crippen LogP contribution in [0.1, 0.15) is 47.1 Å². The highest BCUT2D eigenvalue weighted by molar-refractivity contribution is 9.10. The van der Waals surface area contributed by atoms with Crippen LogP contribution in [0.2, 0.25) is 0 Å². The molecule has 0 spiro atoms. The summed E-state index contributed by atoms with van der Waals surface area (Å²) in [4.78, 5) is 41.5. The first-order valence-electron chi connectivity index (χ1n) is 12.2. The number of halogens is 1. The van der Waals surface area contributed by atoms with E-state index in [1.807, 2.05) is 31.2 Å². The molecule has 9 nitrogen and oxygen atoms in total. The molecule has 2 atom stereocenters. The Morgan fingerprint density at radius 3 is 2.68 bits per heavy atom. The van der Waals surface area contributed by atoms with Crippen LogP contribution >= 0.6 is 15.9 Å². The van der Waals surface area contributed by atoms with Crippen molar-refractivity contribution in [2.75, 3.05) is 25.0 Å². The van der Waals surface area contributed by atoms with E-state index in [0.29, 0.717) is 22.4 Å². The molecule has 4 rings (SSSR count).